The molecular weight excluding hydrogens is 820 g/mol. The third-order valence-corrected chi connectivity index (χ3v) is 12.8. The summed E-state index contributed by atoms with van der Waals surface area (Å²) < 4.78 is 33.2. The van der Waals surface area contributed by atoms with Crippen LogP contribution in [0, 0.1) is 5.41 Å². The molecule has 4 aliphatic heterocycles. The molecule has 4 fully saturated rings. The molecule has 3 aromatic heterocycles. The molecule has 10 rings (SSSR count). The number of aromatic nitrogens is 4. The van der Waals surface area contributed by atoms with Crippen molar-refractivity contribution in [2.75, 3.05) is 61.4 Å². The number of pyridine rings is 1. The number of amides is 5. The molecular formula is C44H46ClF2N11O4. The van der Waals surface area contributed by atoms with Gasteiger partial charge in [-0.15, -0.1) is 5.10 Å². The number of imidazole rings is 1. The predicted octanol–water partition coefficient (Wildman–Crippen LogP) is 6.27. The van der Waals surface area contributed by atoms with Gasteiger partial charge in [-0.2, -0.15) is 0 Å². The van der Waals surface area contributed by atoms with Crippen LogP contribution in [-0.4, -0.2) is 105 Å². The Kier molecular flexibility index (Phi) is 10.8. The standard InChI is InChI=1S/C41H40ClF2N11O4.C3H6/c1-46-30-18-34(50-55-33(36(45)57)20-48-37(30)55)53-13-9-27-26(3-2-4-31(27)53)29-8-5-24(19-47-29)21-51-15-11-40(12-16-51)22-52(23-41(40,43)44)38(58)25-6-7-28(42)32(17-25)54-14-10-35(56)49-39(54)59;1-2-3-1/h2-8,17-20,46H,9-16,21-23H2,1H3,(H2,45,57)(H,49,56,59);1-3H2. The normalized spacial score (nSPS) is 19.0. The molecule has 3 saturated heterocycles. The van der Waals surface area contributed by atoms with E-state index in [4.69, 9.17) is 27.4 Å². The number of alkyl halides is 2. The van der Waals surface area contributed by atoms with Crippen molar-refractivity contribution in [1.82, 2.24) is 34.7 Å². The molecule has 5 aromatic rings. The van der Waals surface area contributed by atoms with E-state index < -0.39 is 41.6 Å². The predicted molar refractivity (Wildman–Crippen MR) is 230 cm³/mol. The first-order chi connectivity index (χ1) is 29.8. The Balaban J connectivity index is 0.00000157. The fourth-order valence-electron chi connectivity index (χ4n) is 8.87. The van der Waals surface area contributed by atoms with Gasteiger partial charge in [0.25, 0.3) is 17.7 Å². The lowest BCUT2D eigenvalue weighted by molar-refractivity contribution is -0.120. The molecule has 4 N–H and O–H groups in total. The molecule has 15 nitrogen and oxygen atoms in total. The van der Waals surface area contributed by atoms with Gasteiger partial charge in [0.2, 0.25) is 5.91 Å². The molecule has 0 radical (unpaired) electrons. The maximum Gasteiger partial charge on any atom is 0.328 e. The number of carbonyl (C=O) groups is 4. The Morgan fingerprint density at radius 1 is 0.903 bits per heavy atom. The molecule has 1 saturated carbocycles. The van der Waals surface area contributed by atoms with Crippen LogP contribution in [0.25, 0.3) is 16.9 Å². The molecule has 18 heteroatoms. The number of nitrogens with zero attached hydrogens (tertiary/aromatic N) is 8. The number of carbonyl (C=O) groups excluding carboxylic acids is 4. The molecule has 1 aliphatic carbocycles. The quantitative estimate of drug-likeness (QED) is 0.161. The topological polar surface area (TPSA) is 174 Å². The van der Waals surface area contributed by atoms with Crippen molar-refractivity contribution in [1.29, 1.82) is 0 Å². The van der Waals surface area contributed by atoms with Crippen LogP contribution in [0.5, 0.6) is 0 Å². The Labute approximate surface area is 361 Å². The van der Waals surface area contributed by atoms with Crippen molar-refractivity contribution < 1.29 is 28.0 Å². The molecule has 1 spiro atoms. The Bertz CT molecular complexity index is 2590. The highest BCUT2D eigenvalue weighted by Gasteiger charge is 2.61. The minimum atomic E-state index is -3.09. The lowest BCUT2D eigenvalue weighted by Gasteiger charge is -2.41. The van der Waals surface area contributed by atoms with E-state index >= 15 is 8.78 Å². The third-order valence-electron chi connectivity index (χ3n) is 12.4. The van der Waals surface area contributed by atoms with Crippen LogP contribution in [0.1, 0.15) is 70.5 Å². The summed E-state index contributed by atoms with van der Waals surface area (Å²) in [6.45, 7) is 1.39. The monoisotopic (exact) mass is 865 g/mol. The summed E-state index contributed by atoms with van der Waals surface area (Å²) in [6.07, 6.45) is 9.01. The van der Waals surface area contributed by atoms with Crippen molar-refractivity contribution in [3.05, 3.63) is 94.4 Å². The number of halogens is 3. The summed E-state index contributed by atoms with van der Waals surface area (Å²) in [5.74, 6) is -4.04. The number of hydrogen-bond donors (Lipinski definition) is 3. The molecule has 0 atom stereocenters. The number of urea groups is 1. The summed E-state index contributed by atoms with van der Waals surface area (Å²) in [6, 6.07) is 15.7. The van der Waals surface area contributed by atoms with Gasteiger partial charge in [0.15, 0.2) is 11.5 Å². The van der Waals surface area contributed by atoms with Crippen LogP contribution >= 0.6 is 11.6 Å². The van der Waals surface area contributed by atoms with Gasteiger partial charge in [-0.1, -0.05) is 49.1 Å². The second kappa shape index (κ2) is 16.2. The second-order valence-corrected chi connectivity index (χ2v) is 17.0. The molecule has 2 aromatic carbocycles. The minimum Gasteiger partial charge on any atom is -0.385 e. The number of piperidine rings is 1. The average Bonchev–Trinajstić information content (AvgIpc) is 3.91. The first kappa shape index (κ1) is 41.2. The average molecular weight is 866 g/mol. The lowest BCUT2D eigenvalue weighted by Crippen LogP contribution is -2.49. The largest absolute Gasteiger partial charge is 0.385 e. The Hall–Kier alpha value is -6.20. The zero-order valence-electron chi connectivity index (χ0n) is 34.2. The van der Waals surface area contributed by atoms with Gasteiger partial charge in [-0.3, -0.25) is 34.5 Å². The summed E-state index contributed by atoms with van der Waals surface area (Å²) in [5.41, 5.74) is 10.9. The van der Waals surface area contributed by atoms with Gasteiger partial charge in [0.1, 0.15) is 5.69 Å². The third kappa shape index (κ3) is 7.67. The molecule has 5 aliphatic rings. The maximum absolute atomic E-state index is 15.9. The van der Waals surface area contributed by atoms with Gasteiger partial charge in [0.05, 0.1) is 40.2 Å². The van der Waals surface area contributed by atoms with E-state index in [1.54, 1.807) is 7.05 Å². The van der Waals surface area contributed by atoms with E-state index in [0.29, 0.717) is 43.3 Å². The number of benzene rings is 2. The van der Waals surface area contributed by atoms with Crippen molar-refractivity contribution in [2.24, 2.45) is 11.1 Å². The first-order valence-corrected chi connectivity index (χ1v) is 21.2. The highest BCUT2D eigenvalue weighted by Crippen LogP contribution is 2.51. The fourth-order valence-corrected chi connectivity index (χ4v) is 9.09. The van der Waals surface area contributed by atoms with E-state index in [9.17, 15) is 19.2 Å². The minimum absolute atomic E-state index is 0.0708. The number of nitrogens with two attached hydrogens (primary N) is 1. The van der Waals surface area contributed by atoms with E-state index in [2.05, 4.69) is 25.4 Å². The van der Waals surface area contributed by atoms with E-state index in [0.717, 1.165) is 34.5 Å². The van der Waals surface area contributed by atoms with Crippen LogP contribution in [-0.2, 0) is 17.8 Å². The van der Waals surface area contributed by atoms with Gasteiger partial charge < -0.3 is 20.9 Å². The van der Waals surface area contributed by atoms with Crippen LogP contribution in [0.4, 0.5) is 36.5 Å². The summed E-state index contributed by atoms with van der Waals surface area (Å²) in [5, 5.41) is 10.3. The van der Waals surface area contributed by atoms with Crippen molar-refractivity contribution >= 4 is 63.9 Å². The zero-order chi connectivity index (χ0) is 43.3. The number of primary amides is 1. The second-order valence-electron chi connectivity index (χ2n) is 16.6. The van der Waals surface area contributed by atoms with Gasteiger partial charge in [-0.25, -0.2) is 23.1 Å². The highest BCUT2D eigenvalue weighted by molar-refractivity contribution is 6.34. The Morgan fingerprint density at radius 3 is 2.37 bits per heavy atom. The Morgan fingerprint density at radius 2 is 1.68 bits per heavy atom. The molecule has 0 unspecified atom stereocenters. The molecule has 5 amide bonds. The SMILES string of the molecule is C1CC1.CNc1cc(N2CCc3c(-c4ccc(CN5CCC6(CC5)CN(C(=O)c5ccc(Cl)c(N7CCC(=O)NC7=O)c5)CC6(F)F)cn4)cccc32)nn2c(C(N)=O)cnc12. The summed E-state index contributed by atoms with van der Waals surface area (Å²) >= 11 is 6.36. The molecule has 62 heavy (non-hydrogen) atoms. The lowest BCUT2D eigenvalue weighted by atomic mass is 9.75. The number of hydrogen-bond acceptors (Lipinski definition) is 10. The maximum atomic E-state index is 15.9. The van der Waals surface area contributed by atoms with Crippen LogP contribution in [0.2, 0.25) is 5.02 Å². The van der Waals surface area contributed by atoms with E-state index in [1.165, 1.54) is 58.0 Å². The zero-order valence-corrected chi connectivity index (χ0v) is 34.9. The van der Waals surface area contributed by atoms with Crippen LogP contribution in [0.3, 0.4) is 0 Å². The van der Waals surface area contributed by atoms with Crippen LogP contribution in [0.15, 0.2) is 67.0 Å². The smallest absolute Gasteiger partial charge is 0.328 e. The highest BCUT2D eigenvalue weighted by atomic mass is 35.5. The number of anilines is 4. The van der Waals surface area contributed by atoms with Crippen molar-refractivity contribution in [3.8, 4) is 11.3 Å². The van der Waals surface area contributed by atoms with Crippen molar-refractivity contribution in [2.45, 2.75) is 57.4 Å². The first-order valence-electron chi connectivity index (χ1n) is 20.9. The summed E-state index contributed by atoms with van der Waals surface area (Å²) in [4.78, 5) is 65.7. The fraction of sp³-hybridized carbons (Fsp3) is 0.386. The summed E-state index contributed by atoms with van der Waals surface area (Å²) in [7, 11) is 1.78. The molecule has 7 heterocycles. The van der Waals surface area contributed by atoms with Gasteiger partial charge >= 0.3 is 6.03 Å². The van der Waals surface area contributed by atoms with Crippen LogP contribution < -0.4 is 26.2 Å². The number of fused-ring (bicyclic) bond motifs is 2. The van der Waals surface area contributed by atoms with Crippen molar-refractivity contribution in [3.63, 3.8) is 0 Å². The van der Waals surface area contributed by atoms with E-state index in [-0.39, 0.29) is 54.3 Å². The van der Waals surface area contributed by atoms with Gasteiger partial charge in [-0.05, 0) is 73.8 Å². The molecule has 322 valence electrons. The molecule has 0 bridgehead atoms. The number of rotatable bonds is 8. The number of imide groups is 1. The number of likely N-dealkylation sites (tertiary alicyclic amines) is 2. The number of nitrogens with one attached hydrogen (secondary N) is 2. The van der Waals surface area contributed by atoms with Gasteiger partial charge in [0, 0.05) is 68.7 Å². The van der Waals surface area contributed by atoms with E-state index in [1.807, 2.05) is 42.6 Å².